The third-order valence-electron chi connectivity index (χ3n) is 3.03. The molecule has 1 atom stereocenters. The molecule has 2 N–H and O–H groups in total. The van der Waals surface area contributed by atoms with Gasteiger partial charge in [-0.1, -0.05) is 18.2 Å². The van der Waals surface area contributed by atoms with E-state index in [9.17, 15) is 5.11 Å². The highest BCUT2D eigenvalue weighted by molar-refractivity contribution is 7.80. The third kappa shape index (κ3) is 4.27. The minimum absolute atomic E-state index is 0.187. The zero-order chi connectivity index (χ0) is 13.8. The lowest BCUT2D eigenvalue weighted by atomic mass is 9.96. The Balaban J connectivity index is 2.66. The van der Waals surface area contributed by atoms with Crippen molar-refractivity contribution in [1.29, 1.82) is 0 Å². The zero-order valence-electron chi connectivity index (χ0n) is 11.5. The summed E-state index contributed by atoms with van der Waals surface area (Å²) in [7, 11) is 1.95. The standard InChI is InChI=1S/C14H22N2OS/c1-11(17)10-14(2,3)16(4)13(18)15-12-8-6-5-7-9-12/h5-9,11,17H,10H2,1-4H3,(H,15,18). The number of anilines is 1. The minimum atomic E-state index is -0.345. The smallest absolute Gasteiger partial charge is 0.173 e. The van der Waals surface area contributed by atoms with Gasteiger partial charge in [0.1, 0.15) is 0 Å². The number of nitrogens with one attached hydrogen (secondary N) is 1. The molecule has 100 valence electrons. The number of hydrogen-bond donors (Lipinski definition) is 2. The van der Waals surface area contributed by atoms with Crippen molar-refractivity contribution in [1.82, 2.24) is 4.90 Å². The van der Waals surface area contributed by atoms with Crippen LogP contribution in [0.15, 0.2) is 30.3 Å². The van der Waals surface area contributed by atoms with E-state index in [0.29, 0.717) is 11.5 Å². The van der Waals surface area contributed by atoms with E-state index in [4.69, 9.17) is 12.2 Å². The van der Waals surface area contributed by atoms with Gasteiger partial charge in [-0.3, -0.25) is 0 Å². The van der Waals surface area contributed by atoms with Gasteiger partial charge in [0.05, 0.1) is 6.10 Å². The maximum absolute atomic E-state index is 9.52. The number of aliphatic hydroxyl groups excluding tert-OH is 1. The molecule has 0 aliphatic rings. The topological polar surface area (TPSA) is 35.5 Å². The SMILES string of the molecule is CC(O)CC(C)(C)N(C)C(=S)Nc1ccccc1. The molecule has 3 nitrogen and oxygen atoms in total. The van der Waals surface area contributed by atoms with Gasteiger partial charge in [-0.15, -0.1) is 0 Å². The van der Waals surface area contributed by atoms with Crippen LogP contribution in [0.25, 0.3) is 0 Å². The summed E-state index contributed by atoms with van der Waals surface area (Å²) in [6.07, 6.45) is 0.321. The molecule has 0 aliphatic carbocycles. The van der Waals surface area contributed by atoms with Gasteiger partial charge < -0.3 is 15.3 Å². The quantitative estimate of drug-likeness (QED) is 0.822. The molecule has 1 aromatic carbocycles. The Kier molecular flexibility index (Phi) is 5.11. The first-order valence-electron chi connectivity index (χ1n) is 6.11. The van der Waals surface area contributed by atoms with Gasteiger partial charge in [-0.25, -0.2) is 0 Å². The van der Waals surface area contributed by atoms with E-state index in [-0.39, 0.29) is 11.6 Å². The zero-order valence-corrected chi connectivity index (χ0v) is 12.3. The first-order chi connectivity index (χ1) is 8.33. The Morgan fingerprint density at radius 1 is 1.39 bits per heavy atom. The lowest BCUT2D eigenvalue weighted by molar-refractivity contribution is 0.115. The van der Waals surface area contributed by atoms with Gasteiger partial charge in [-0.05, 0) is 51.5 Å². The summed E-state index contributed by atoms with van der Waals surface area (Å²) < 4.78 is 0. The lowest BCUT2D eigenvalue weighted by Crippen LogP contribution is -2.48. The molecule has 0 aliphatic heterocycles. The Morgan fingerprint density at radius 2 is 1.94 bits per heavy atom. The molecule has 0 saturated heterocycles. The van der Waals surface area contributed by atoms with Gasteiger partial charge in [-0.2, -0.15) is 0 Å². The molecule has 0 spiro atoms. The van der Waals surface area contributed by atoms with Crippen LogP contribution in [0.4, 0.5) is 5.69 Å². The first kappa shape index (κ1) is 14.9. The largest absolute Gasteiger partial charge is 0.393 e. The summed E-state index contributed by atoms with van der Waals surface area (Å²) in [5.41, 5.74) is 0.787. The van der Waals surface area contributed by atoms with Crippen molar-refractivity contribution in [3.05, 3.63) is 30.3 Å². The summed E-state index contributed by atoms with van der Waals surface area (Å²) in [4.78, 5) is 1.99. The number of para-hydroxylation sites is 1. The molecule has 0 bridgehead atoms. The molecule has 0 saturated carbocycles. The second kappa shape index (κ2) is 6.16. The summed E-state index contributed by atoms with van der Waals surface area (Å²) >= 11 is 5.39. The molecule has 18 heavy (non-hydrogen) atoms. The molecule has 1 aromatic rings. The average Bonchev–Trinajstić information content (AvgIpc) is 2.27. The van der Waals surface area contributed by atoms with E-state index in [1.54, 1.807) is 6.92 Å². The maximum Gasteiger partial charge on any atom is 0.173 e. The number of hydrogen-bond acceptors (Lipinski definition) is 2. The fourth-order valence-electron chi connectivity index (χ4n) is 1.86. The Hall–Kier alpha value is -1.13. The molecule has 0 aromatic heterocycles. The highest BCUT2D eigenvalue weighted by atomic mass is 32.1. The second-order valence-corrected chi connectivity index (χ2v) is 5.61. The summed E-state index contributed by atoms with van der Waals surface area (Å²) in [5.74, 6) is 0. The van der Waals surface area contributed by atoms with Crippen LogP contribution < -0.4 is 5.32 Å². The number of benzene rings is 1. The van der Waals surface area contributed by atoms with Crippen LogP contribution in [0.3, 0.4) is 0 Å². The second-order valence-electron chi connectivity index (χ2n) is 5.22. The van der Waals surface area contributed by atoms with Gasteiger partial charge in [0.2, 0.25) is 0 Å². The van der Waals surface area contributed by atoms with Gasteiger partial charge >= 0.3 is 0 Å². The summed E-state index contributed by atoms with van der Waals surface area (Å²) in [6, 6.07) is 9.84. The molecule has 1 rings (SSSR count). The van der Waals surface area contributed by atoms with Crippen molar-refractivity contribution < 1.29 is 5.11 Å². The maximum atomic E-state index is 9.52. The van der Waals surface area contributed by atoms with Crippen molar-refractivity contribution in [2.24, 2.45) is 0 Å². The molecule has 0 amide bonds. The van der Waals surface area contributed by atoms with Crippen LogP contribution in [0.1, 0.15) is 27.2 Å². The Bertz CT molecular complexity index is 390. The molecule has 1 unspecified atom stereocenters. The minimum Gasteiger partial charge on any atom is -0.393 e. The van der Waals surface area contributed by atoms with E-state index in [2.05, 4.69) is 19.2 Å². The monoisotopic (exact) mass is 266 g/mol. The van der Waals surface area contributed by atoms with Crippen LogP contribution in [0.5, 0.6) is 0 Å². The van der Waals surface area contributed by atoms with E-state index in [1.807, 2.05) is 42.3 Å². The van der Waals surface area contributed by atoms with Crippen molar-refractivity contribution in [3.63, 3.8) is 0 Å². The van der Waals surface area contributed by atoms with Crippen LogP contribution in [-0.2, 0) is 0 Å². The highest BCUT2D eigenvalue weighted by Gasteiger charge is 2.27. The predicted molar refractivity (Wildman–Crippen MR) is 80.8 cm³/mol. The van der Waals surface area contributed by atoms with E-state index < -0.39 is 0 Å². The number of nitrogens with zero attached hydrogens (tertiary/aromatic N) is 1. The number of aliphatic hydroxyl groups is 1. The van der Waals surface area contributed by atoms with Crippen LogP contribution in [-0.4, -0.2) is 33.8 Å². The Morgan fingerprint density at radius 3 is 2.44 bits per heavy atom. The van der Waals surface area contributed by atoms with E-state index in [1.165, 1.54) is 0 Å². The van der Waals surface area contributed by atoms with Crippen molar-refractivity contribution in [2.45, 2.75) is 38.8 Å². The molecule has 0 radical (unpaired) electrons. The van der Waals surface area contributed by atoms with Crippen LogP contribution in [0.2, 0.25) is 0 Å². The average molecular weight is 266 g/mol. The molecule has 0 heterocycles. The van der Waals surface area contributed by atoms with E-state index >= 15 is 0 Å². The van der Waals surface area contributed by atoms with Gasteiger partial charge in [0.25, 0.3) is 0 Å². The van der Waals surface area contributed by atoms with Crippen molar-refractivity contribution in [2.75, 3.05) is 12.4 Å². The Labute approximate surface area is 115 Å². The predicted octanol–water partition coefficient (Wildman–Crippen LogP) is 2.86. The summed E-state index contributed by atoms with van der Waals surface area (Å²) in [6.45, 7) is 5.93. The molecule has 0 fully saturated rings. The number of thiocarbonyl (C=S) groups is 1. The van der Waals surface area contributed by atoms with E-state index in [0.717, 1.165) is 5.69 Å². The normalized spacial score (nSPS) is 12.9. The van der Waals surface area contributed by atoms with Gasteiger partial charge in [0.15, 0.2) is 5.11 Å². The third-order valence-corrected chi connectivity index (χ3v) is 3.41. The van der Waals surface area contributed by atoms with Crippen LogP contribution >= 0.6 is 12.2 Å². The highest BCUT2D eigenvalue weighted by Crippen LogP contribution is 2.20. The van der Waals surface area contributed by atoms with Crippen molar-refractivity contribution in [3.8, 4) is 0 Å². The van der Waals surface area contributed by atoms with Crippen molar-refractivity contribution >= 4 is 23.0 Å². The molecular formula is C14H22N2OS. The number of rotatable bonds is 4. The molecule has 4 heteroatoms. The molecular weight excluding hydrogens is 244 g/mol. The lowest BCUT2D eigenvalue weighted by Gasteiger charge is -2.38. The van der Waals surface area contributed by atoms with Crippen LogP contribution in [0, 0.1) is 0 Å². The fourth-order valence-corrected chi connectivity index (χ4v) is 2.23. The summed E-state index contributed by atoms with van der Waals surface area (Å²) in [5, 5.41) is 13.4. The fraction of sp³-hybridized carbons (Fsp3) is 0.500. The first-order valence-corrected chi connectivity index (χ1v) is 6.51. The van der Waals surface area contributed by atoms with Gasteiger partial charge in [0, 0.05) is 18.3 Å².